The molecule has 0 N–H and O–H groups in total. The summed E-state index contributed by atoms with van der Waals surface area (Å²) in [6, 6.07) is 27.5. The number of benzene rings is 4. The third-order valence-corrected chi connectivity index (χ3v) is 7.71. The largest absolute Gasteiger partial charge is 0.416 e. The summed E-state index contributed by atoms with van der Waals surface area (Å²) in [5, 5.41) is 20.2. The Hall–Kier alpha value is -6.15. The summed E-state index contributed by atoms with van der Waals surface area (Å²) in [5.74, 6) is 0. The molecule has 0 amide bonds. The van der Waals surface area contributed by atoms with Crippen LogP contribution in [-0.4, -0.2) is 0 Å². The molecule has 2 aliphatic rings. The molecule has 0 fully saturated rings. The summed E-state index contributed by atoms with van der Waals surface area (Å²) < 4.78 is 40.1. The molecule has 4 aromatic carbocycles. The number of nitriles is 2. The van der Waals surface area contributed by atoms with Gasteiger partial charge >= 0.3 is 6.18 Å². The first kappa shape index (κ1) is 27.0. The third kappa shape index (κ3) is 4.12. The summed E-state index contributed by atoms with van der Waals surface area (Å²) in [5.41, 5.74) is 6.86. The maximum Gasteiger partial charge on any atom is 0.416 e. The first-order valence-electron chi connectivity index (χ1n) is 13.0. The highest BCUT2D eigenvalue weighted by Gasteiger charge is 2.42. The van der Waals surface area contributed by atoms with Crippen molar-refractivity contribution in [3.8, 4) is 34.4 Å². The van der Waals surface area contributed by atoms with Gasteiger partial charge in [-0.15, -0.1) is 0 Å². The summed E-state index contributed by atoms with van der Waals surface area (Å²) in [7, 11) is 0. The standard InChI is InChI=1S/C36H17F3N4/c1-20-10-12-21(13-11-20)24-6-4-8-26-30(24)34-33(29(19-41)43-3)27-9-5-7-25(22-14-16-23(17-15-22)36(37,38)39)31(27)35(34)32(26)28(18-40)42-2/h4-17H,1H3/b32-28-,33-29+. The van der Waals surface area contributed by atoms with Gasteiger partial charge in [0.25, 0.3) is 11.4 Å². The van der Waals surface area contributed by atoms with Crippen molar-refractivity contribution in [3.63, 3.8) is 0 Å². The van der Waals surface area contributed by atoms with Gasteiger partial charge in [0.2, 0.25) is 0 Å². The second kappa shape index (κ2) is 10.0. The van der Waals surface area contributed by atoms with Crippen LogP contribution in [0, 0.1) is 42.7 Å². The molecule has 0 saturated carbocycles. The van der Waals surface area contributed by atoms with Crippen LogP contribution in [0.3, 0.4) is 0 Å². The van der Waals surface area contributed by atoms with Gasteiger partial charge in [0.05, 0.1) is 30.8 Å². The molecule has 7 heteroatoms. The molecule has 43 heavy (non-hydrogen) atoms. The van der Waals surface area contributed by atoms with E-state index in [1.54, 1.807) is 18.2 Å². The normalized spacial score (nSPS) is 15.3. The summed E-state index contributed by atoms with van der Waals surface area (Å²) >= 11 is 0. The maximum atomic E-state index is 13.4. The van der Waals surface area contributed by atoms with Crippen LogP contribution in [0.25, 0.3) is 54.2 Å². The highest BCUT2D eigenvalue weighted by atomic mass is 19.4. The van der Waals surface area contributed by atoms with E-state index in [4.69, 9.17) is 13.1 Å². The maximum absolute atomic E-state index is 13.4. The quantitative estimate of drug-likeness (QED) is 0.180. The minimum atomic E-state index is -4.51. The fourth-order valence-corrected chi connectivity index (χ4v) is 5.90. The molecule has 0 bridgehead atoms. The number of rotatable bonds is 2. The molecular weight excluding hydrogens is 545 g/mol. The molecule has 0 saturated heterocycles. The smallest absolute Gasteiger partial charge is 0.226 e. The Balaban J connectivity index is 1.77. The van der Waals surface area contributed by atoms with Crippen molar-refractivity contribution in [3.05, 3.63) is 153 Å². The second-order valence-corrected chi connectivity index (χ2v) is 10.0. The van der Waals surface area contributed by atoms with Crippen LogP contribution in [0.1, 0.15) is 33.4 Å². The van der Waals surface area contributed by atoms with Crippen molar-refractivity contribution < 1.29 is 13.2 Å². The van der Waals surface area contributed by atoms with Crippen LogP contribution < -0.4 is 0 Å². The van der Waals surface area contributed by atoms with Crippen molar-refractivity contribution in [2.45, 2.75) is 13.1 Å². The van der Waals surface area contributed by atoms with E-state index < -0.39 is 11.7 Å². The zero-order valence-electron chi connectivity index (χ0n) is 22.5. The Bertz CT molecular complexity index is 2100. The Labute approximate surface area is 245 Å². The molecule has 2 aliphatic carbocycles. The molecule has 0 heterocycles. The lowest BCUT2D eigenvalue weighted by Crippen LogP contribution is -2.04. The predicted molar refractivity (Wildman–Crippen MR) is 159 cm³/mol. The van der Waals surface area contributed by atoms with E-state index >= 15 is 0 Å². The second-order valence-electron chi connectivity index (χ2n) is 10.0. The fraction of sp³-hybridized carbons (Fsp3) is 0.0556. The van der Waals surface area contributed by atoms with Crippen LogP contribution in [0.5, 0.6) is 0 Å². The number of allylic oxidation sites excluding steroid dienone is 6. The van der Waals surface area contributed by atoms with Gasteiger partial charge in [-0.05, 0) is 74.7 Å². The highest BCUT2D eigenvalue weighted by Crippen LogP contribution is 2.62. The lowest BCUT2D eigenvalue weighted by atomic mass is 9.85. The molecule has 0 aliphatic heterocycles. The topological polar surface area (TPSA) is 56.3 Å². The lowest BCUT2D eigenvalue weighted by molar-refractivity contribution is -0.137. The van der Waals surface area contributed by atoms with E-state index in [1.807, 2.05) is 61.5 Å². The molecule has 4 aromatic rings. The first-order chi connectivity index (χ1) is 20.7. The Kier molecular flexibility index (Phi) is 6.31. The van der Waals surface area contributed by atoms with Gasteiger partial charge in [0.1, 0.15) is 0 Å². The van der Waals surface area contributed by atoms with Gasteiger partial charge in [-0.2, -0.15) is 13.2 Å². The van der Waals surface area contributed by atoms with E-state index in [9.17, 15) is 23.7 Å². The van der Waals surface area contributed by atoms with E-state index in [0.29, 0.717) is 55.7 Å². The average Bonchev–Trinajstić information content (AvgIpc) is 3.52. The van der Waals surface area contributed by atoms with Gasteiger partial charge in [0.15, 0.2) is 0 Å². The highest BCUT2D eigenvalue weighted by molar-refractivity contribution is 6.39. The number of nitrogens with zero attached hydrogens (tertiary/aromatic N) is 4. The molecule has 4 nitrogen and oxygen atoms in total. The lowest BCUT2D eigenvalue weighted by Gasteiger charge is -2.18. The van der Waals surface area contributed by atoms with E-state index in [1.165, 1.54) is 12.1 Å². The van der Waals surface area contributed by atoms with Gasteiger partial charge in [-0.1, -0.05) is 78.4 Å². The molecule has 0 unspecified atom stereocenters. The van der Waals surface area contributed by atoms with Crippen molar-refractivity contribution in [1.29, 1.82) is 10.5 Å². The Morgan fingerprint density at radius 1 is 0.628 bits per heavy atom. The van der Waals surface area contributed by atoms with Crippen LogP contribution in [-0.2, 0) is 6.18 Å². The first-order valence-corrected chi connectivity index (χ1v) is 13.0. The minimum absolute atomic E-state index is 0.164. The summed E-state index contributed by atoms with van der Waals surface area (Å²) in [4.78, 5) is 7.11. The predicted octanol–water partition coefficient (Wildman–Crippen LogP) is 9.59. The molecule has 6 rings (SSSR count). The summed E-state index contributed by atoms with van der Waals surface area (Å²) in [6.07, 6.45) is -4.51. The van der Waals surface area contributed by atoms with Crippen LogP contribution >= 0.6 is 0 Å². The minimum Gasteiger partial charge on any atom is -0.226 e. The van der Waals surface area contributed by atoms with Gasteiger partial charge < -0.3 is 0 Å². The van der Waals surface area contributed by atoms with Crippen molar-refractivity contribution in [2.75, 3.05) is 0 Å². The van der Waals surface area contributed by atoms with Crippen LogP contribution in [0.4, 0.5) is 13.2 Å². The number of fused-ring (bicyclic) bond motifs is 4. The van der Waals surface area contributed by atoms with Gasteiger partial charge in [0, 0.05) is 11.1 Å². The van der Waals surface area contributed by atoms with Crippen molar-refractivity contribution >= 4 is 22.3 Å². The van der Waals surface area contributed by atoms with E-state index in [2.05, 4.69) is 9.69 Å². The van der Waals surface area contributed by atoms with Crippen LogP contribution in [0.15, 0.2) is 96.3 Å². The number of hydrogen-bond donors (Lipinski definition) is 0. The van der Waals surface area contributed by atoms with Crippen LogP contribution in [0.2, 0.25) is 0 Å². The number of alkyl halides is 3. The van der Waals surface area contributed by atoms with Gasteiger partial charge in [-0.3, -0.25) is 0 Å². The molecule has 0 atom stereocenters. The molecule has 202 valence electrons. The Morgan fingerprint density at radius 3 is 1.40 bits per heavy atom. The Morgan fingerprint density at radius 2 is 1.02 bits per heavy atom. The fourth-order valence-electron chi connectivity index (χ4n) is 5.90. The molecule has 0 radical (unpaired) electrons. The van der Waals surface area contributed by atoms with Gasteiger partial charge in [-0.25, -0.2) is 20.2 Å². The SMILES string of the molecule is [C-]#[N+]/C(C#N)=C1C2=C(/C(=C(\C#N)[N+]#[C-])c3cccc(-c4ccc(C(F)(F)F)cc4)c32)c2c\1cccc2-c1ccc(C)cc1. The number of aryl methyl sites for hydroxylation is 1. The third-order valence-electron chi connectivity index (χ3n) is 7.71. The zero-order valence-corrected chi connectivity index (χ0v) is 22.5. The van der Waals surface area contributed by atoms with E-state index in [-0.39, 0.29) is 11.4 Å². The monoisotopic (exact) mass is 562 g/mol. The number of halogens is 3. The molecule has 0 aromatic heterocycles. The number of hydrogen-bond acceptors (Lipinski definition) is 2. The molecule has 0 spiro atoms. The van der Waals surface area contributed by atoms with Crippen molar-refractivity contribution in [1.82, 2.24) is 0 Å². The zero-order chi connectivity index (χ0) is 30.5. The van der Waals surface area contributed by atoms with E-state index in [0.717, 1.165) is 28.8 Å². The average molecular weight is 563 g/mol. The molecular formula is C36H17F3N4. The van der Waals surface area contributed by atoms with Crippen molar-refractivity contribution in [2.24, 2.45) is 0 Å². The summed E-state index contributed by atoms with van der Waals surface area (Å²) in [6.45, 7) is 17.7.